The van der Waals surface area contributed by atoms with Crippen LogP contribution in [0.15, 0.2) is 72.8 Å². The van der Waals surface area contributed by atoms with E-state index in [4.69, 9.17) is 20.0 Å². The van der Waals surface area contributed by atoms with Gasteiger partial charge in [0.05, 0.1) is 16.7 Å². The topological polar surface area (TPSA) is 100 Å². The Morgan fingerprint density at radius 2 is 1.41 bits per heavy atom. The number of hydrogen-bond acceptors (Lipinski definition) is 6. The Hall–Kier alpha value is -4.42. The van der Waals surface area contributed by atoms with Crippen LogP contribution < -0.4 is 4.74 Å². The quantitative estimate of drug-likeness (QED) is 0.466. The van der Waals surface area contributed by atoms with Crippen LogP contribution >= 0.6 is 0 Å². The van der Waals surface area contributed by atoms with Crippen molar-refractivity contribution in [2.24, 2.45) is 0 Å². The van der Waals surface area contributed by atoms with Crippen molar-refractivity contribution in [3.05, 3.63) is 95.1 Å². The van der Waals surface area contributed by atoms with Gasteiger partial charge in [0, 0.05) is 5.56 Å². The molecule has 0 aliphatic rings. The fourth-order valence-corrected chi connectivity index (χ4v) is 2.49. The van der Waals surface area contributed by atoms with E-state index in [1.807, 2.05) is 12.1 Å². The van der Waals surface area contributed by atoms with Crippen molar-refractivity contribution in [2.45, 2.75) is 0 Å². The van der Waals surface area contributed by atoms with Gasteiger partial charge in [0.25, 0.3) is 0 Å². The Kier molecular flexibility index (Phi) is 5.99. The van der Waals surface area contributed by atoms with Crippen LogP contribution in [0, 0.1) is 22.7 Å². The summed E-state index contributed by atoms with van der Waals surface area (Å²) in [5.41, 5.74) is 1.24. The second-order valence-electron chi connectivity index (χ2n) is 5.92. The van der Waals surface area contributed by atoms with E-state index < -0.39 is 5.97 Å². The molecule has 0 spiro atoms. The van der Waals surface area contributed by atoms with Crippen LogP contribution in [-0.4, -0.2) is 18.4 Å². The molecule has 0 radical (unpaired) electrons. The Morgan fingerprint density at radius 1 is 0.759 bits per heavy atom. The highest BCUT2D eigenvalue weighted by atomic mass is 16.5. The second-order valence-corrected chi connectivity index (χ2v) is 5.92. The van der Waals surface area contributed by atoms with E-state index in [0.717, 1.165) is 0 Å². The molecule has 0 aliphatic heterocycles. The number of rotatable bonds is 6. The van der Waals surface area contributed by atoms with Crippen LogP contribution in [0.1, 0.15) is 31.8 Å². The van der Waals surface area contributed by atoms with E-state index >= 15 is 0 Å². The zero-order chi connectivity index (χ0) is 20.6. The number of esters is 1. The first-order chi connectivity index (χ1) is 14.1. The first-order valence-corrected chi connectivity index (χ1v) is 8.58. The minimum absolute atomic E-state index is 0.219. The van der Waals surface area contributed by atoms with Gasteiger partial charge in [0.1, 0.15) is 23.6 Å². The van der Waals surface area contributed by atoms with Crippen molar-refractivity contribution in [3.8, 4) is 23.6 Å². The lowest BCUT2D eigenvalue weighted by Gasteiger charge is -2.08. The van der Waals surface area contributed by atoms with Crippen molar-refractivity contribution in [3.63, 3.8) is 0 Å². The maximum atomic E-state index is 12.2. The minimum Gasteiger partial charge on any atom is -0.457 e. The molecule has 29 heavy (non-hydrogen) atoms. The third-order valence-electron chi connectivity index (χ3n) is 3.99. The molecule has 0 heterocycles. The molecule has 0 bridgehead atoms. The van der Waals surface area contributed by atoms with Crippen LogP contribution in [0.3, 0.4) is 0 Å². The van der Waals surface area contributed by atoms with Crippen molar-refractivity contribution < 1.29 is 19.1 Å². The molecule has 3 aromatic carbocycles. The lowest BCUT2D eigenvalue weighted by atomic mass is 10.1. The molecular weight excluding hydrogens is 368 g/mol. The predicted octanol–water partition coefficient (Wildman–Crippen LogP) is 4.26. The Bertz CT molecular complexity index is 1120. The molecule has 0 saturated carbocycles. The van der Waals surface area contributed by atoms with Crippen LogP contribution in [0.4, 0.5) is 0 Å². The van der Waals surface area contributed by atoms with Gasteiger partial charge in [-0.1, -0.05) is 18.2 Å². The third kappa shape index (κ3) is 4.85. The molecule has 6 nitrogen and oxygen atoms in total. The van der Waals surface area contributed by atoms with Crippen LogP contribution in [0.5, 0.6) is 11.5 Å². The van der Waals surface area contributed by atoms with Crippen molar-refractivity contribution in [2.75, 3.05) is 6.61 Å². The van der Waals surface area contributed by atoms with Crippen LogP contribution in [0.2, 0.25) is 0 Å². The molecule has 140 valence electrons. The van der Waals surface area contributed by atoms with Gasteiger partial charge in [0.2, 0.25) is 0 Å². The number of hydrogen-bond donors (Lipinski definition) is 0. The molecule has 0 aliphatic carbocycles. The van der Waals surface area contributed by atoms with Gasteiger partial charge in [-0.3, -0.25) is 4.79 Å². The third-order valence-corrected chi connectivity index (χ3v) is 3.99. The van der Waals surface area contributed by atoms with Gasteiger partial charge in [-0.05, 0) is 54.6 Å². The molecule has 3 aromatic rings. The first kappa shape index (κ1) is 19.3. The van der Waals surface area contributed by atoms with Gasteiger partial charge >= 0.3 is 5.97 Å². The maximum Gasteiger partial charge on any atom is 0.338 e. The molecule has 0 aromatic heterocycles. The number of benzene rings is 3. The number of Topliss-reactive ketones (excluding diaryl/α,β-unsaturated/α-hetero) is 1. The normalized spacial score (nSPS) is 9.72. The van der Waals surface area contributed by atoms with Gasteiger partial charge in [-0.15, -0.1) is 0 Å². The number of ether oxygens (including phenoxy) is 2. The number of carbonyl (C=O) groups is 2. The summed E-state index contributed by atoms with van der Waals surface area (Å²) in [5.74, 6) is -0.0492. The number of nitriles is 2. The summed E-state index contributed by atoms with van der Waals surface area (Å²) in [5, 5.41) is 18.0. The van der Waals surface area contributed by atoms with Gasteiger partial charge in [-0.25, -0.2) is 4.79 Å². The zero-order valence-corrected chi connectivity index (χ0v) is 15.2. The minimum atomic E-state index is -0.562. The van der Waals surface area contributed by atoms with Gasteiger partial charge in [0.15, 0.2) is 12.4 Å². The maximum absolute atomic E-state index is 12.2. The molecule has 0 atom stereocenters. The Labute approximate surface area is 167 Å². The monoisotopic (exact) mass is 382 g/mol. The average Bonchev–Trinajstić information content (AvgIpc) is 2.78. The number of nitrogens with zero attached hydrogens (tertiary/aromatic N) is 2. The summed E-state index contributed by atoms with van der Waals surface area (Å²) in [4.78, 5) is 24.1. The van der Waals surface area contributed by atoms with Gasteiger partial charge < -0.3 is 9.47 Å². The lowest BCUT2D eigenvalue weighted by Crippen LogP contribution is -2.14. The van der Waals surface area contributed by atoms with E-state index in [1.165, 1.54) is 12.1 Å². The molecule has 3 rings (SSSR count). The highest BCUT2D eigenvalue weighted by Crippen LogP contribution is 2.24. The van der Waals surface area contributed by atoms with Crippen LogP contribution in [0.25, 0.3) is 0 Å². The zero-order valence-electron chi connectivity index (χ0n) is 15.2. The van der Waals surface area contributed by atoms with Crippen molar-refractivity contribution in [1.29, 1.82) is 10.5 Å². The SMILES string of the molecule is N#Cc1ccc(Oc2ccc(C(=O)COC(=O)c3ccccc3)cc2)cc1C#N. The summed E-state index contributed by atoms with van der Waals surface area (Å²) in [7, 11) is 0. The molecule has 0 unspecified atom stereocenters. The molecular formula is C23H14N2O4. The van der Waals surface area contributed by atoms with Crippen molar-refractivity contribution in [1.82, 2.24) is 0 Å². The smallest absolute Gasteiger partial charge is 0.338 e. The van der Waals surface area contributed by atoms with Crippen LogP contribution in [-0.2, 0) is 4.74 Å². The summed E-state index contributed by atoms with van der Waals surface area (Å²) >= 11 is 0. The molecule has 0 amide bonds. The van der Waals surface area contributed by atoms with E-state index in [9.17, 15) is 9.59 Å². The number of carbonyl (C=O) groups excluding carboxylic acids is 2. The van der Waals surface area contributed by atoms with E-state index in [-0.39, 0.29) is 23.5 Å². The summed E-state index contributed by atoms with van der Waals surface area (Å²) < 4.78 is 10.7. The molecule has 6 heteroatoms. The summed E-state index contributed by atoms with van der Waals surface area (Å²) in [6, 6.07) is 23.2. The summed E-state index contributed by atoms with van der Waals surface area (Å²) in [6.07, 6.45) is 0. The second kappa shape index (κ2) is 8.98. The first-order valence-electron chi connectivity index (χ1n) is 8.58. The fraction of sp³-hybridized carbons (Fsp3) is 0.0435. The summed E-state index contributed by atoms with van der Waals surface area (Å²) in [6.45, 7) is -0.366. The predicted molar refractivity (Wildman–Crippen MR) is 103 cm³/mol. The van der Waals surface area contributed by atoms with E-state index in [1.54, 1.807) is 60.7 Å². The fourth-order valence-electron chi connectivity index (χ4n) is 2.49. The molecule has 0 saturated heterocycles. The Morgan fingerprint density at radius 3 is 2.07 bits per heavy atom. The average molecular weight is 382 g/mol. The largest absolute Gasteiger partial charge is 0.457 e. The lowest BCUT2D eigenvalue weighted by molar-refractivity contribution is 0.0474. The standard InChI is InChI=1S/C23H14N2O4/c24-13-18-8-11-21(12-19(18)14-25)29-20-9-6-16(7-10-20)22(26)15-28-23(27)17-4-2-1-3-5-17/h1-12H,15H2. The van der Waals surface area contributed by atoms with Gasteiger partial charge in [-0.2, -0.15) is 10.5 Å². The van der Waals surface area contributed by atoms with Crippen molar-refractivity contribution >= 4 is 11.8 Å². The molecule has 0 N–H and O–H groups in total. The number of ketones is 1. The highest BCUT2D eigenvalue weighted by Gasteiger charge is 2.12. The van der Waals surface area contributed by atoms with E-state index in [2.05, 4.69) is 0 Å². The Balaban J connectivity index is 1.61. The van der Waals surface area contributed by atoms with E-state index in [0.29, 0.717) is 22.6 Å². The highest BCUT2D eigenvalue weighted by molar-refractivity contribution is 5.99. The molecule has 0 fully saturated rings.